The van der Waals surface area contributed by atoms with E-state index in [1.807, 2.05) is 22.9 Å². The number of likely N-dealkylation sites (tertiary alicyclic amines) is 1. The van der Waals surface area contributed by atoms with E-state index in [1.165, 1.54) is 0 Å². The molecule has 4 heteroatoms. The molecule has 1 saturated heterocycles. The number of nitrogens with one attached hydrogen (secondary N) is 1. The first-order chi connectivity index (χ1) is 5.24. The molecule has 1 rings (SSSR count). The fourth-order valence-electron chi connectivity index (χ4n) is 1.35. The summed E-state index contributed by atoms with van der Waals surface area (Å²) < 4.78 is 2.66. The molecule has 0 saturated carbocycles. The molecule has 1 heterocycles. The summed E-state index contributed by atoms with van der Waals surface area (Å²) in [6.07, 6.45) is 2.01. The highest BCUT2D eigenvalue weighted by Crippen LogP contribution is 2.15. The molecule has 0 aromatic heterocycles. The summed E-state index contributed by atoms with van der Waals surface area (Å²) in [7, 11) is 2.10. The van der Waals surface area contributed by atoms with Gasteiger partial charge in [-0.15, -0.1) is 0 Å². The van der Waals surface area contributed by atoms with Gasteiger partial charge in [0.1, 0.15) is 0 Å². The van der Waals surface area contributed by atoms with Crippen LogP contribution in [0.15, 0.2) is 0 Å². The minimum atomic E-state index is 0.193. The van der Waals surface area contributed by atoms with E-state index in [-0.39, 0.29) is 11.8 Å². The second kappa shape index (κ2) is 4.25. The zero-order valence-electron chi connectivity index (χ0n) is 6.64. The van der Waals surface area contributed by atoms with E-state index in [0.717, 1.165) is 25.9 Å². The third kappa shape index (κ3) is 2.59. The van der Waals surface area contributed by atoms with Crippen LogP contribution in [0, 0.1) is 5.92 Å². The second-order valence-corrected chi connectivity index (χ2v) is 3.58. The zero-order valence-corrected chi connectivity index (χ0v) is 8.80. The number of rotatable bonds is 1. The molecular weight excluding hydrogens is 255 g/mol. The summed E-state index contributed by atoms with van der Waals surface area (Å²) in [5, 5.41) is 0. The van der Waals surface area contributed by atoms with Crippen molar-refractivity contribution >= 4 is 28.8 Å². The molecule has 0 unspecified atom stereocenters. The fraction of sp³-hybridized carbons (Fsp3) is 0.857. The summed E-state index contributed by atoms with van der Waals surface area (Å²) in [5.74, 6) is 0.446. The van der Waals surface area contributed by atoms with Crippen LogP contribution in [0.5, 0.6) is 0 Å². The van der Waals surface area contributed by atoms with Crippen LogP contribution in [-0.4, -0.2) is 30.9 Å². The van der Waals surface area contributed by atoms with Crippen LogP contribution in [0.25, 0.3) is 0 Å². The monoisotopic (exact) mass is 268 g/mol. The van der Waals surface area contributed by atoms with Crippen LogP contribution < -0.4 is 3.53 Å². The number of hydrogen-bond donors (Lipinski definition) is 1. The maximum atomic E-state index is 11.1. The zero-order chi connectivity index (χ0) is 8.27. The van der Waals surface area contributed by atoms with Crippen molar-refractivity contribution in [1.82, 2.24) is 8.43 Å². The van der Waals surface area contributed by atoms with E-state index in [9.17, 15) is 4.79 Å². The van der Waals surface area contributed by atoms with Crippen molar-refractivity contribution in [3.8, 4) is 0 Å². The standard InChI is InChI=1S/C7H13IN2O/c1-10-4-2-6(3-5-10)7(11)9-8/h6H,2-5H2,1H3,(H,9,11). The van der Waals surface area contributed by atoms with Gasteiger partial charge < -0.3 is 4.90 Å². The number of hydrogen-bond acceptors (Lipinski definition) is 2. The molecule has 0 aliphatic carbocycles. The Hall–Kier alpha value is 0.160. The number of nitrogens with zero attached hydrogens (tertiary/aromatic N) is 1. The van der Waals surface area contributed by atoms with Crippen LogP contribution in [0.1, 0.15) is 12.8 Å². The Kier molecular flexibility index (Phi) is 3.58. The average Bonchev–Trinajstić information content (AvgIpc) is 2.05. The number of carbonyl (C=O) groups excluding carboxylic acids is 1. The fourth-order valence-corrected chi connectivity index (χ4v) is 1.79. The molecule has 1 N–H and O–H groups in total. The van der Waals surface area contributed by atoms with Gasteiger partial charge in [0.05, 0.1) is 22.9 Å². The molecule has 1 aliphatic heterocycles. The van der Waals surface area contributed by atoms with Gasteiger partial charge in [-0.2, -0.15) is 0 Å². The molecule has 0 bridgehead atoms. The Morgan fingerprint density at radius 2 is 2.09 bits per heavy atom. The number of halogens is 1. The lowest BCUT2D eigenvalue weighted by Crippen LogP contribution is -2.36. The smallest absolute Gasteiger partial charge is 0.231 e. The largest absolute Gasteiger partial charge is 0.306 e. The summed E-state index contributed by atoms with van der Waals surface area (Å²) in [5.41, 5.74) is 0. The highest BCUT2D eigenvalue weighted by Gasteiger charge is 2.22. The molecule has 1 aliphatic rings. The van der Waals surface area contributed by atoms with Gasteiger partial charge in [0.25, 0.3) is 0 Å². The molecule has 0 atom stereocenters. The first-order valence-corrected chi connectivity index (χ1v) is 4.91. The Labute approximate surface area is 81.0 Å². The maximum Gasteiger partial charge on any atom is 0.231 e. The summed E-state index contributed by atoms with van der Waals surface area (Å²) in [4.78, 5) is 13.4. The molecular formula is C7H13IN2O. The predicted octanol–water partition coefficient (Wildman–Crippen LogP) is 0.794. The molecule has 64 valence electrons. The topological polar surface area (TPSA) is 32.3 Å². The molecule has 1 amide bonds. The minimum Gasteiger partial charge on any atom is -0.306 e. The summed E-state index contributed by atoms with van der Waals surface area (Å²) in [6.45, 7) is 2.10. The van der Waals surface area contributed by atoms with Crippen LogP contribution in [-0.2, 0) is 4.79 Å². The normalized spacial score (nSPS) is 21.6. The third-order valence-electron chi connectivity index (χ3n) is 2.18. The van der Waals surface area contributed by atoms with Gasteiger partial charge >= 0.3 is 0 Å². The second-order valence-electron chi connectivity index (χ2n) is 3.04. The van der Waals surface area contributed by atoms with Gasteiger partial charge in [-0.3, -0.25) is 8.32 Å². The van der Waals surface area contributed by atoms with E-state index in [0.29, 0.717) is 0 Å². The van der Waals surface area contributed by atoms with Crippen molar-refractivity contribution in [3.05, 3.63) is 0 Å². The lowest BCUT2D eigenvalue weighted by atomic mass is 9.97. The van der Waals surface area contributed by atoms with Crippen molar-refractivity contribution in [3.63, 3.8) is 0 Å². The van der Waals surface area contributed by atoms with E-state index in [2.05, 4.69) is 15.5 Å². The van der Waals surface area contributed by atoms with E-state index >= 15 is 0 Å². The van der Waals surface area contributed by atoms with Gasteiger partial charge in [0.2, 0.25) is 5.91 Å². The van der Waals surface area contributed by atoms with Crippen molar-refractivity contribution < 1.29 is 4.79 Å². The molecule has 0 aromatic rings. The molecule has 11 heavy (non-hydrogen) atoms. The molecule has 0 aromatic carbocycles. The van der Waals surface area contributed by atoms with Crippen LogP contribution >= 0.6 is 22.9 Å². The SMILES string of the molecule is CN1CCC(C(=O)NI)CC1. The van der Waals surface area contributed by atoms with Crippen molar-refractivity contribution in [1.29, 1.82) is 0 Å². The first-order valence-electron chi connectivity index (χ1n) is 3.83. The van der Waals surface area contributed by atoms with Gasteiger partial charge in [-0.25, -0.2) is 0 Å². The highest BCUT2D eigenvalue weighted by molar-refractivity contribution is 14.1. The highest BCUT2D eigenvalue weighted by atomic mass is 127. The maximum absolute atomic E-state index is 11.1. The summed E-state index contributed by atoms with van der Waals surface area (Å²) >= 11 is 1.91. The van der Waals surface area contributed by atoms with Crippen molar-refractivity contribution in [2.24, 2.45) is 5.92 Å². The lowest BCUT2D eigenvalue weighted by Gasteiger charge is -2.27. The van der Waals surface area contributed by atoms with Crippen LogP contribution in [0.2, 0.25) is 0 Å². The Morgan fingerprint density at radius 3 is 2.55 bits per heavy atom. The quantitative estimate of drug-likeness (QED) is 0.563. The Balaban J connectivity index is 2.33. The van der Waals surface area contributed by atoms with Gasteiger partial charge in [-0.05, 0) is 33.0 Å². The predicted molar refractivity (Wildman–Crippen MR) is 52.4 cm³/mol. The Bertz CT molecular complexity index is 143. The van der Waals surface area contributed by atoms with E-state index < -0.39 is 0 Å². The molecule has 3 nitrogen and oxygen atoms in total. The summed E-state index contributed by atoms with van der Waals surface area (Å²) in [6, 6.07) is 0. The number of piperidine rings is 1. The minimum absolute atomic E-state index is 0.193. The van der Waals surface area contributed by atoms with Gasteiger partial charge in [-0.1, -0.05) is 0 Å². The van der Waals surface area contributed by atoms with Crippen molar-refractivity contribution in [2.45, 2.75) is 12.8 Å². The lowest BCUT2D eigenvalue weighted by molar-refractivity contribution is -0.123. The molecule has 1 fully saturated rings. The first kappa shape index (κ1) is 9.25. The van der Waals surface area contributed by atoms with E-state index in [4.69, 9.17) is 0 Å². The molecule has 0 spiro atoms. The Morgan fingerprint density at radius 1 is 1.55 bits per heavy atom. The van der Waals surface area contributed by atoms with Gasteiger partial charge in [0, 0.05) is 5.92 Å². The average molecular weight is 268 g/mol. The van der Waals surface area contributed by atoms with Crippen molar-refractivity contribution in [2.75, 3.05) is 20.1 Å². The van der Waals surface area contributed by atoms with Crippen LogP contribution in [0.4, 0.5) is 0 Å². The van der Waals surface area contributed by atoms with E-state index in [1.54, 1.807) is 0 Å². The number of amides is 1. The van der Waals surface area contributed by atoms with Gasteiger partial charge in [0.15, 0.2) is 0 Å². The third-order valence-corrected chi connectivity index (χ3v) is 2.71. The van der Waals surface area contributed by atoms with Crippen LogP contribution in [0.3, 0.4) is 0 Å². The molecule has 0 radical (unpaired) electrons. The number of carbonyl (C=O) groups is 1.